The van der Waals surface area contributed by atoms with Gasteiger partial charge in [0, 0.05) is 5.56 Å². The van der Waals surface area contributed by atoms with Crippen molar-refractivity contribution in [1.82, 2.24) is 0 Å². The van der Waals surface area contributed by atoms with Gasteiger partial charge in [0.2, 0.25) is 11.5 Å². The van der Waals surface area contributed by atoms with E-state index >= 15 is 0 Å². The second kappa shape index (κ2) is 5.27. The summed E-state index contributed by atoms with van der Waals surface area (Å²) in [6.07, 6.45) is 0. The van der Waals surface area contributed by atoms with E-state index in [0.29, 0.717) is 10.2 Å². The number of halogens is 1. The third-order valence-electron chi connectivity index (χ3n) is 2.15. The highest BCUT2D eigenvalue weighted by molar-refractivity contribution is 9.10. The van der Waals surface area contributed by atoms with Crippen LogP contribution in [0, 0.1) is 0 Å². The van der Waals surface area contributed by atoms with Gasteiger partial charge >= 0.3 is 0 Å². The van der Waals surface area contributed by atoms with Crippen LogP contribution in [0.15, 0.2) is 4.47 Å². The third kappa shape index (κ3) is 1.90. The van der Waals surface area contributed by atoms with Crippen LogP contribution in [0.2, 0.25) is 0 Å². The monoisotopic (exact) mass is 292 g/mol. The van der Waals surface area contributed by atoms with Gasteiger partial charge < -0.3 is 24.4 Å². The van der Waals surface area contributed by atoms with Crippen molar-refractivity contribution in [3.63, 3.8) is 0 Å². The zero-order chi connectivity index (χ0) is 12.3. The van der Waals surface area contributed by atoms with E-state index in [0.717, 1.165) is 0 Å². The number of methoxy groups -OCH3 is 3. The lowest BCUT2D eigenvalue weighted by molar-refractivity contribution is 0.264. The minimum atomic E-state index is -0.344. The maximum absolute atomic E-state index is 9.85. The van der Waals surface area contributed by atoms with Gasteiger partial charge in [0.05, 0.1) is 32.4 Å². The lowest BCUT2D eigenvalue weighted by atomic mass is 10.1. The first kappa shape index (κ1) is 12.9. The van der Waals surface area contributed by atoms with E-state index in [1.807, 2.05) is 0 Å². The molecule has 0 saturated carbocycles. The van der Waals surface area contributed by atoms with Gasteiger partial charge in [0.1, 0.15) is 0 Å². The molecular weight excluding hydrogens is 280 g/mol. The SMILES string of the molecule is COc1c(O)c(CO)c(Br)c(OC)c1OC. The Morgan fingerprint density at radius 2 is 1.50 bits per heavy atom. The van der Waals surface area contributed by atoms with Crippen LogP contribution in [0.3, 0.4) is 0 Å². The van der Waals surface area contributed by atoms with Gasteiger partial charge in [-0.15, -0.1) is 0 Å². The summed E-state index contributed by atoms with van der Waals surface area (Å²) in [6, 6.07) is 0. The number of rotatable bonds is 4. The molecule has 0 aliphatic rings. The minimum Gasteiger partial charge on any atom is -0.504 e. The Bertz CT molecular complexity index is 360. The van der Waals surface area contributed by atoms with Crippen LogP contribution < -0.4 is 14.2 Å². The molecule has 1 aromatic carbocycles. The smallest absolute Gasteiger partial charge is 0.208 e. The molecule has 5 nitrogen and oxygen atoms in total. The number of hydrogen-bond donors (Lipinski definition) is 2. The van der Waals surface area contributed by atoms with Gasteiger partial charge in [-0.05, 0) is 15.9 Å². The van der Waals surface area contributed by atoms with Crippen molar-refractivity contribution in [2.45, 2.75) is 6.61 Å². The van der Waals surface area contributed by atoms with E-state index in [1.165, 1.54) is 21.3 Å². The lowest BCUT2D eigenvalue weighted by Crippen LogP contribution is -2.00. The van der Waals surface area contributed by atoms with Gasteiger partial charge in [-0.3, -0.25) is 0 Å². The first-order valence-electron chi connectivity index (χ1n) is 4.42. The van der Waals surface area contributed by atoms with Crippen molar-refractivity contribution in [3.8, 4) is 23.0 Å². The van der Waals surface area contributed by atoms with E-state index in [1.54, 1.807) is 0 Å². The maximum Gasteiger partial charge on any atom is 0.208 e. The van der Waals surface area contributed by atoms with Crippen LogP contribution in [0.1, 0.15) is 5.56 Å². The molecule has 90 valence electrons. The fraction of sp³-hybridized carbons (Fsp3) is 0.400. The van der Waals surface area contributed by atoms with Gasteiger partial charge in [-0.2, -0.15) is 0 Å². The number of aliphatic hydroxyl groups excluding tert-OH is 1. The van der Waals surface area contributed by atoms with E-state index < -0.39 is 0 Å². The van der Waals surface area contributed by atoms with Crippen molar-refractivity contribution in [2.24, 2.45) is 0 Å². The molecule has 0 aliphatic heterocycles. The van der Waals surface area contributed by atoms with Crippen LogP contribution in [0.5, 0.6) is 23.0 Å². The van der Waals surface area contributed by atoms with Crippen molar-refractivity contribution in [2.75, 3.05) is 21.3 Å². The molecule has 0 unspecified atom stereocenters. The summed E-state index contributed by atoms with van der Waals surface area (Å²) in [7, 11) is 4.29. The molecule has 0 atom stereocenters. The van der Waals surface area contributed by atoms with Crippen molar-refractivity contribution >= 4 is 15.9 Å². The predicted molar refractivity (Wildman–Crippen MR) is 61.4 cm³/mol. The molecular formula is C10H13BrO5. The van der Waals surface area contributed by atoms with Crippen LogP contribution in [-0.4, -0.2) is 31.5 Å². The molecule has 2 N–H and O–H groups in total. The second-order valence-corrected chi connectivity index (χ2v) is 3.69. The quantitative estimate of drug-likeness (QED) is 0.884. The molecule has 0 amide bonds. The predicted octanol–water partition coefficient (Wildman–Crippen LogP) is 1.67. The fourth-order valence-corrected chi connectivity index (χ4v) is 2.04. The average molecular weight is 293 g/mol. The summed E-state index contributed by atoms with van der Waals surface area (Å²) >= 11 is 3.23. The highest BCUT2D eigenvalue weighted by Crippen LogP contribution is 2.51. The number of benzene rings is 1. The summed E-state index contributed by atoms with van der Waals surface area (Å²) in [4.78, 5) is 0. The van der Waals surface area contributed by atoms with Crippen LogP contribution in [0.4, 0.5) is 0 Å². The van der Waals surface area contributed by atoms with Gasteiger partial charge in [-0.1, -0.05) is 0 Å². The minimum absolute atomic E-state index is 0.131. The number of phenols is 1. The molecule has 0 aromatic heterocycles. The number of ether oxygens (including phenoxy) is 3. The van der Waals surface area contributed by atoms with E-state index in [9.17, 15) is 5.11 Å². The zero-order valence-corrected chi connectivity index (χ0v) is 10.8. The summed E-state index contributed by atoms with van der Waals surface area (Å²) < 4.78 is 15.7. The number of hydrogen-bond acceptors (Lipinski definition) is 5. The molecule has 1 rings (SSSR count). The Hall–Kier alpha value is -1.14. The summed E-state index contributed by atoms with van der Waals surface area (Å²) in [6.45, 7) is -0.344. The van der Waals surface area contributed by atoms with E-state index in [2.05, 4.69) is 15.9 Å². The molecule has 0 saturated heterocycles. The third-order valence-corrected chi connectivity index (χ3v) is 2.99. The fourth-order valence-electron chi connectivity index (χ4n) is 1.39. The number of aromatic hydroxyl groups is 1. The highest BCUT2D eigenvalue weighted by Gasteiger charge is 2.24. The normalized spacial score (nSPS) is 10.1. The molecule has 0 bridgehead atoms. The van der Waals surface area contributed by atoms with Crippen molar-refractivity contribution in [3.05, 3.63) is 10.0 Å². The molecule has 16 heavy (non-hydrogen) atoms. The Kier molecular flexibility index (Phi) is 4.26. The first-order chi connectivity index (χ1) is 7.62. The molecule has 0 radical (unpaired) electrons. The summed E-state index contributed by atoms with van der Waals surface area (Å²) in [5.41, 5.74) is 0.287. The standard InChI is InChI=1S/C10H13BrO5/c1-14-8-6(11)5(4-12)7(13)9(15-2)10(8)16-3/h12-13H,4H2,1-3H3. The molecule has 6 heteroatoms. The maximum atomic E-state index is 9.85. The van der Waals surface area contributed by atoms with Crippen LogP contribution in [0.25, 0.3) is 0 Å². The average Bonchev–Trinajstić information content (AvgIpc) is 2.29. The molecule has 0 heterocycles. The highest BCUT2D eigenvalue weighted by atomic mass is 79.9. The molecule has 1 aromatic rings. The summed E-state index contributed by atoms with van der Waals surface area (Å²) in [5, 5.41) is 19.0. The Labute approximate surface area is 102 Å². The second-order valence-electron chi connectivity index (χ2n) is 2.90. The largest absolute Gasteiger partial charge is 0.504 e. The van der Waals surface area contributed by atoms with Gasteiger partial charge in [0.15, 0.2) is 11.5 Å². The van der Waals surface area contributed by atoms with Crippen molar-refractivity contribution < 1.29 is 24.4 Å². The van der Waals surface area contributed by atoms with E-state index in [4.69, 9.17) is 19.3 Å². The lowest BCUT2D eigenvalue weighted by Gasteiger charge is -2.17. The van der Waals surface area contributed by atoms with Gasteiger partial charge in [0.25, 0.3) is 0 Å². The topological polar surface area (TPSA) is 68.2 Å². The van der Waals surface area contributed by atoms with Crippen molar-refractivity contribution in [1.29, 1.82) is 0 Å². The summed E-state index contributed by atoms with van der Waals surface area (Å²) in [5.74, 6) is 0.592. The number of aliphatic hydroxyl groups is 1. The first-order valence-corrected chi connectivity index (χ1v) is 5.21. The molecule has 0 spiro atoms. The van der Waals surface area contributed by atoms with Gasteiger partial charge in [-0.25, -0.2) is 0 Å². The Morgan fingerprint density at radius 1 is 1.00 bits per heavy atom. The Morgan fingerprint density at radius 3 is 1.88 bits per heavy atom. The van der Waals surface area contributed by atoms with Crippen LogP contribution >= 0.6 is 15.9 Å². The molecule has 0 aliphatic carbocycles. The zero-order valence-electron chi connectivity index (χ0n) is 9.20. The van der Waals surface area contributed by atoms with E-state index in [-0.39, 0.29) is 29.4 Å². The van der Waals surface area contributed by atoms with Crippen LogP contribution in [-0.2, 0) is 6.61 Å². The Balaban J connectivity index is 3.61. The molecule has 0 fully saturated rings.